The lowest BCUT2D eigenvalue weighted by Crippen LogP contribution is -2.29. The summed E-state index contributed by atoms with van der Waals surface area (Å²) in [6.07, 6.45) is 3.36. The normalized spacial score (nSPS) is 22.8. The Morgan fingerprint density at radius 1 is 1.35 bits per heavy atom. The lowest BCUT2D eigenvalue weighted by atomic mass is 10.1. The molecule has 0 radical (unpaired) electrons. The van der Waals surface area contributed by atoms with Crippen molar-refractivity contribution in [3.8, 4) is 0 Å². The van der Waals surface area contributed by atoms with Crippen LogP contribution in [0.5, 0.6) is 0 Å². The molecule has 1 unspecified atom stereocenters. The van der Waals surface area contributed by atoms with E-state index in [0.717, 1.165) is 37.7 Å². The molecule has 1 atom stereocenters. The van der Waals surface area contributed by atoms with Crippen LogP contribution in [0.1, 0.15) is 28.9 Å². The SMILES string of the molecule is NCC1CCN(C(=O)c2sc(N3CCCC3)nc2N)C1. The molecule has 1 amide bonds. The Labute approximate surface area is 122 Å². The van der Waals surface area contributed by atoms with Crippen LogP contribution < -0.4 is 16.4 Å². The maximum absolute atomic E-state index is 12.5. The van der Waals surface area contributed by atoms with Crippen molar-refractivity contribution in [2.45, 2.75) is 19.3 Å². The molecule has 20 heavy (non-hydrogen) atoms. The molecule has 2 saturated heterocycles. The molecule has 1 aromatic heterocycles. The van der Waals surface area contributed by atoms with Gasteiger partial charge in [0.25, 0.3) is 5.91 Å². The van der Waals surface area contributed by atoms with Gasteiger partial charge in [-0.3, -0.25) is 4.79 Å². The first-order valence-corrected chi connectivity index (χ1v) is 8.01. The van der Waals surface area contributed by atoms with E-state index in [-0.39, 0.29) is 5.91 Å². The number of likely N-dealkylation sites (tertiary alicyclic amines) is 1. The average Bonchev–Trinajstić information content (AvgIpc) is 3.18. The van der Waals surface area contributed by atoms with Crippen LogP contribution in [0.4, 0.5) is 10.9 Å². The Balaban J connectivity index is 1.74. The molecule has 1 aromatic rings. The van der Waals surface area contributed by atoms with Crippen LogP contribution in [0.3, 0.4) is 0 Å². The van der Waals surface area contributed by atoms with Gasteiger partial charge in [0.2, 0.25) is 0 Å². The van der Waals surface area contributed by atoms with Crippen LogP contribution in [0.25, 0.3) is 0 Å². The molecule has 4 N–H and O–H groups in total. The van der Waals surface area contributed by atoms with Crippen LogP contribution in [-0.4, -0.2) is 48.5 Å². The van der Waals surface area contributed by atoms with Gasteiger partial charge in [-0.2, -0.15) is 0 Å². The van der Waals surface area contributed by atoms with Crippen LogP contribution in [0, 0.1) is 5.92 Å². The number of thiazole rings is 1. The number of amides is 1. The Morgan fingerprint density at radius 2 is 2.10 bits per heavy atom. The molecule has 2 fully saturated rings. The molecular weight excluding hydrogens is 274 g/mol. The van der Waals surface area contributed by atoms with E-state index in [2.05, 4.69) is 9.88 Å². The second-order valence-electron chi connectivity index (χ2n) is 5.55. The van der Waals surface area contributed by atoms with Gasteiger partial charge in [-0.25, -0.2) is 4.98 Å². The third-order valence-electron chi connectivity index (χ3n) is 4.12. The van der Waals surface area contributed by atoms with Crippen molar-refractivity contribution in [3.63, 3.8) is 0 Å². The van der Waals surface area contributed by atoms with E-state index in [4.69, 9.17) is 11.5 Å². The Bertz CT molecular complexity index is 497. The van der Waals surface area contributed by atoms with Gasteiger partial charge in [0, 0.05) is 26.2 Å². The largest absolute Gasteiger partial charge is 0.382 e. The van der Waals surface area contributed by atoms with Gasteiger partial charge in [0.15, 0.2) is 5.13 Å². The molecule has 0 saturated carbocycles. The molecule has 2 aliphatic heterocycles. The summed E-state index contributed by atoms with van der Waals surface area (Å²) in [4.78, 5) is 21.5. The molecule has 2 aliphatic rings. The Morgan fingerprint density at radius 3 is 2.75 bits per heavy atom. The first-order valence-electron chi connectivity index (χ1n) is 7.19. The quantitative estimate of drug-likeness (QED) is 0.859. The van der Waals surface area contributed by atoms with Gasteiger partial charge in [-0.15, -0.1) is 0 Å². The zero-order chi connectivity index (χ0) is 14.1. The summed E-state index contributed by atoms with van der Waals surface area (Å²) in [5.41, 5.74) is 11.6. The van der Waals surface area contributed by atoms with Gasteiger partial charge in [-0.1, -0.05) is 11.3 Å². The van der Waals surface area contributed by atoms with Gasteiger partial charge in [0.05, 0.1) is 0 Å². The fourth-order valence-electron chi connectivity index (χ4n) is 2.87. The minimum atomic E-state index is 0.0152. The topological polar surface area (TPSA) is 88.5 Å². The van der Waals surface area contributed by atoms with Crippen molar-refractivity contribution < 1.29 is 4.79 Å². The number of carbonyl (C=O) groups excluding carboxylic acids is 1. The monoisotopic (exact) mass is 295 g/mol. The van der Waals surface area contributed by atoms with E-state index in [0.29, 0.717) is 23.2 Å². The van der Waals surface area contributed by atoms with Crippen molar-refractivity contribution in [3.05, 3.63) is 4.88 Å². The molecule has 0 aromatic carbocycles. The molecule has 110 valence electrons. The third kappa shape index (κ3) is 2.47. The van der Waals surface area contributed by atoms with Crippen molar-refractivity contribution in [2.24, 2.45) is 11.7 Å². The fourth-order valence-corrected chi connectivity index (χ4v) is 3.88. The number of hydrogen-bond donors (Lipinski definition) is 2. The second kappa shape index (κ2) is 5.57. The number of rotatable bonds is 3. The van der Waals surface area contributed by atoms with Crippen LogP contribution in [0.2, 0.25) is 0 Å². The highest BCUT2D eigenvalue weighted by atomic mass is 32.1. The van der Waals surface area contributed by atoms with Gasteiger partial charge in [0.1, 0.15) is 10.7 Å². The van der Waals surface area contributed by atoms with Crippen LogP contribution >= 0.6 is 11.3 Å². The van der Waals surface area contributed by atoms with E-state index in [9.17, 15) is 4.79 Å². The first kappa shape index (κ1) is 13.6. The highest BCUT2D eigenvalue weighted by Gasteiger charge is 2.29. The minimum absolute atomic E-state index is 0.0152. The zero-order valence-corrected chi connectivity index (χ0v) is 12.4. The summed E-state index contributed by atoms with van der Waals surface area (Å²) in [7, 11) is 0. The molecule has 0 aliphatic carbocycles. The Kier molecular flexibility index (Phi) is 3.80. The van der Waals surface area contributed by atoms with Crippen LogP contribution in [-0.2, 0) is 0 Å². The molecular formula is C13H21N5OS. The number of nitrogens with zero attached hydrogens (tertiary/aromatic N) is 3. The highest BCUT2D eigenvalue weighted by molar-refractivity contribution is 7.18. The zero-order valence-electron chi connectivity index (χ0n) is 11.5. The van der Waals surface area contributed by atoms with E-state index < -0.39 is 0 Å². The average molecular weight is 295 g/mol. The van der Waals surface area contributed by atoms with E-state index >= 15 is 0 Å². The summed E-state index contributed by atoms with van der Waals surface area (Å²) in [5, 5.41) is 0.887. The number of nitrogen functional groups attached to an aromatic ring is 1. The van der Waals surface area contributed by atoms with E-state index in [1.165, 1.54) is 24.2 Å². The molecule has 7 heteroatoms. The fraction of sp³-hybridized carbons (Fsp3) is 0.692. The second-order valence-corrected chi connectivity index (χ2v) is 6.52. The summed E-state index contributed by atoms with van der Waals surface area (Å²) in [6, 6.07) is 0. The van der Waals surface area contributed by atoms with Gasteiger partial charge >= 0.3 is 0 Å². The maximum atomic E-state index is 12.5. The van der Waals surface area contributed by atoms with Crippen molar-refractivity contribution in [2.75, 3.05) is 43.4 Å². The van der Waals surface area contributed by atoms with Gasteiger partial charge in [-0.05, 0) is 31.7 Å². The van der Waals surface area contributed by atoms with Crippen molar-refractivity contribution >= 4 is 28.2 Å². The van der Waals surface area contributed by atoms with E-state index in [1.54, 1.807) is 0 Å². The molecule has 6 nitrogen and oxygen atoms in total. The first-order chi connectivity index (χ1) is 9.69. The summed E-state index contributed by atoms with van der Waals surface area (Å²) >= 11 is 1.43. The number of aromatic nitrogens is 1. The standard InChI is InChI=1S/C13H21N5OS/c14-7-9-3-6-18(8-9)12(19)10-11(15)16-13(20-10)17-4-1-2-5-17/h9H,1-8,14-15H2. The predicted octanol–water partition coefficient (Wildman–Crippen LogP) is 0.746. The molecule has 0 spiro atoms. The summed E-state index contributed by atoms with van der Waals surface area (Å²) < 4.78 is 0. The molecule has 3 rings (SSSR count). The smallest absolute Gasteiger partial charge is 0.267 e. The van der Waals surface area contributed by atoms with Crippen LogP contribution in [0.15, 0.2) is 0 Å². The lowest BCUT2D eigenvalue weighted by Gasteiger charge is -2.15. The van der Waals surface area contributed by atoms with Crippen molar-refractivity contribution in [1.82, 2.24) is 9.88 Å². The lowest BCUT2D eigenvalue weighted by molar-refractivity contribution is 0.0793. The number of carbonyl (C=O) groups is 1. The summed E-state index contributed by atoms with van der Waals surface area (Å²) in [6.45, 7) is 4.18. The minimum Gasteiger partial charge on any atom is -0.382 e. The Hall–Kier alpha value is -1.34. The van der Waals surface area contributed by atoms with Crippen molar-refractivity contribution in [1.29, 1.82) is 0 Å². The number of nitrogens with two attached hydrogens (primary N) is 2. The predicted molar refractivity (Wildman–Crippen MR) is 81.0 cm³/mol. The number of anilines is 2. The maximum Gasteiger partial charge on any atom is 0.267 e. The molecule has 0 bridgehead atoms. The third-order valence-corrected chi connectivity index (χ3v) is 5.24. The summed E-state index contributed by atoms with van der Waals surface area (Å²) in [5.74, 6) is 0.811. The number of hydrogen-bond acceptors (Lipinski definition) is 6. The molecule has 3 heterocycles. The van der Waals surface area contributed by atoms with E-state index in [1.807, 2.05) is 4.90 Å². The highest BCUT2D eigenvalue weighted by Crippen LogP contribution is 2.32. The van der Waals surface area contributed by atoms with Gasteiger partial charge < -0.3 is 21.3 Å².